The van der Waals surface area contributed by atoms with Gasteiger partial charge >= 0.3 is 5.97 Å². The van der Waals surface area contributed by atoms with Crippen LogP contribution in [0, 0.1) is 30.9 Å². The summed E-state index contributed by atoms with van der Waals surface area (Å²) in [6.07, 6.45) is 0. The fourth-order valence-corrected chi connectivity index (χ4v) is 3.09. The number of hydrogen-bond donors (Lipinski definition) is 2. The average Bonchev–Trinajstić information content (AvgIpc) is 2.54. The summed E-state index contributed by atoms with van der Waals surface area (Å²) >= 11 is 0. The molecule has 1 amide bonds. The van der Waals surface area contributed by atoms with Crippen molar-refractivity contribution in [2.75, 3.05) is 5.32 Å². The van der Waals surface area contributed by atoms with Gasteiger partial charge in [0.05, 0.1) is 15.9 Å². The highest BCUT2D eigenvalue weighted by Crippen LogP contribution is 2.30. The number of aryl methyl sites for hydroxylation is 2. The number of anilines is 1. The van der Waals surface area contributed by atoms with Crippen LogP contribution in [0.4, 0.5) is 11.4 Å². The molecule has 27 heavy (non-hydrogen) atoms. The van der Waals surface area contributed by atoms with Crippen LogP contribution in [0.2, 0.25) is 0 Å². The number of nitro benzene ring substituents is 1. The van der Waals surface area contributed by atoms with E-state index in [1.807, 2.05) is 0 Å². The van der Waals surface area contributed by atoms with Crippen LogP contribution in [0.5, 0.6) is 0 Å². The van der Waals surface area contributed by atoms with Gasteiger partial charge in [0.25, 0.3) is 11.6 Å². The second-order valence-corrected chi connectivity index (χ2v) is 7.08. The average molecular weight is 370 g/mol. The molecule has 0 heterocycles. The number of nitrogens with one attached hydrogen (secondary N) is 1. The van der Waals surface area contributed by atoms with Gasteiger partial charge in [-0.2, -0.15) is 0 Å². The first-order chi connectivity index (χ1) is 12.5. The maximum absolute atomic E-state index is 12.7. The van der Waals surface area contributed by atoms with Crippen molar-refractivity contribution >= 4 is 23.3 Å². The molecule has 142 valence electrons. The predicted octanol–water partition coefficient (Wildman–Crippen LogP) is 4.13. The van der Waals surface area contributed by atoms with Crippen molar-refractivity contribution in [1.29, 1.82) is 0 Å². The molecule has 7 nitrogen and oxygen atoms in total. The van der Waals surface area contributed by atoms with E-state index in [9.17, 15) is 24.8 Å². The van der Waals surface area contributed by atoms with E-state index in [-0.39, 0.29) is 11.3 Å². The zero-order valence-corrected chi connectivity index (χ0v) is 15.9. The maximum Gasteiger partial charge on any atom is 0.313 e. The van der Waals surface area contributed by atoms with Gasteiger partial charge in [-0.3, -0.25) is 19.7 Å². The van der Waals surface area contributed by atoms with Crippen LogP contribution in [0.1, 0.15) is 46.5 Å². The van der Waals surface area contributed by atoms with Crippen LogP contribution in [0.3, 0.4) is 0 Å². The van der Waals surface area contributed by atoms with Crippen LogP contribution in [-0.2, 0) is 10.2 Å². The Morgan fingerprint density at radius 3 is 2.11 bits per heavy atom. The molecular formula is C20H22N2O5. The molecule has 2 N–H and O–H groups in total. The fraction of sp³-hybridized carbons (Fsp3) is 0.300. The third-order valence-electron chi connectivity index (χ3n) is 4.74. The first-order valence-electron chi connectivity index (χ1n) is 8.37. The number of rotatable bonds is 5. The molecule has 0 aliphatic carbocycles. The summed E-state index contributed by atoms with van der Waals surface area (Å²) in [7, 11) is 0. The lowest BCUT2D eigenvalue weighted by molar-refractivity contribution is -0.386. The molecule has 0 aliphatic rings. The Morgan fingerprint density at radius 1 is 1.07 bits per heavy atom. The Balaban J connectivity index is 2.35. The minimum atomic E-state index is -1.05. The predicted molar refractivity (Wildman–Crippen MR) is 102 cm³/mol. The molecule has 0 fully saturated rings. The Hall–Kier alpha value is -3.22. The van der Waals surface area contributed by atoms with Crippen molar-refractivity contribution in [3.63, 3.8) is 0 Å². The van der Waals surface area contributed by atoms with Gasteiger partial charge in [0.1, 0.15) is 0 Å². The molecular weight excluding hydrogens is 348 g/mol. The van der Waals surface area contributed by atoms with Crippen molar-refractivity contribution in [1.82, 2.24) is 0 Å². The second kappa shape index (κ2) is 7.19. The standard InChI is InChI=1S/C20H22N2O5/c1-11-10-12(2)17(22(26)27)13(3)16(11)18(23)21-15-8-6-14(7-9-15)20(4,5)19(24)25/h6-10H,1-5H3,(H,21,23)(H,24,25). The third kappa shape index (κ3) is 3.81. The Bertz CT molecular complexity index is 930. The number of benzene rings is 2. The van der Waals surface area contributed by atoms with Gasteiger partial charge in [0.15, 0.2) is 0 Å². The molecule has 2 aromatic carbocycles. The molecule has 0 aliphatic heterocycles. The van der Waals surface area contributed by atoms with E-state index >= 15 is 0 Å². The third-order valence-corrected chi connectivity index (χ3v) is 4.74. The quantitative estimate of drug-likeness (QED) is 0.607. The fourth-order valence-electron chi connectivity index (χ4n) is 3.09. The summed E-state index contributed by atoms with van der Waals surface area (Å²) in [4.78, 5) is 34.9. The zero-order chi connectivity index (χ0) is 20.5. The summed E-state index contributed by atoms with van der Waals surface area (Å²) in [5.74, 6) is -1.39. The molecule has 0 unspecified atom stereocenters. The summed E-state index contributed by atoms with van der Waals surface area (Å²) in [5.41, 5.74) is 1.71. The lowest BCUT2D eigenvalue weighted by Gasteiger charge is -2.20. The molecule has 0 spiro atoms. The molecule has 0 saturated carbocycles. The number of amides is 1. The van der Waals surface area contributed by atoms with Gasteiger partial charge in [-0.15, -0.1) is 0 Å². The van der Waals surface area contributed by atoms with Gasteiger partial charge in [0.2, 0.25) is 0 Å². The summed E-state index contributed by atoms with van der Waals surface area (Å²) in [5, 5.41) is 23.3. The number of carbonyl (C=O) groups excluding carboxylic acids is 1. The first kappa shape index (κ1) is 20.1. The number of carboxylic acids is 1. The van der Waals surface area contributed by atoms with Gasteiger partial charge in [-0.25, -0.2) is 0 Å². The van der Waals surface area contributed by atoms with E-state index in [0.29, 0.717) is 27.9 Å². The monoisotopic (exact) mass is 370 g/mol. The Kier molecular flexibility index (Phi) is 5.35. The van der Waals surface area contributed by atoms with Crippen molar-refractivity contribution in [2.45, 2.75) is 40.0 Å². The van der Waals surface area contributed by atoms with E-state index in [1.54, 1.807) is 65.0 Å². The maximum atomic E-state index is 12.7. The summed E-state index contributed by atoms with van der Waals surface area (Å²) in [6.45, 7) is 8.13. The van der Waals surface area contributed by atoms with Crippen LogP contribution in [0.25, 0.3) is 0 Å². The minimum Gasteiger partial charge on any atom is -0.481 e. The summed E-state index contributed by atoms with van der Waals surface area (Å²) in [6, 6.07) is 8.14. The molecule has 2 aromatic rings. The second-order valence-electron chi connectivity index (χ2n) is 7.08. The van der Waals surface area contributed by atoms with E-state index in [2.05, 4.69) is 5.32 Å². The van der Waals surface area contributed by atoms with Crippen LogP contribution in [-0.4, -0.2) is 21.9 Å². The highest BCUT2D eigenvalue weighted by atomic mass is 16.6. The number of hydrogen-bond acceptors (Lipinski definition) is 4. The topological polar surface area (TPSA) is 110 Å². The van der Waals surface area contributed by atoms with E-state index in [1.165, 1.54) is 0 Å². The smallest absolute Gasteiger partial charge is 0.313 e. The summed E-state index contributed by atoms with van der Waals surface area (Å²) < 4.78 is 0. The molecule has 0 atom stereocenters. The lowest BCUT2D eigenvalue weighted by atomic mass is 9.85. The van der Waals surface area contributed by atoms with Gasteiger partial charge in [0, 0.05) is 16.8 Å². The van der Waals surface area contributed by atoms with Crippen LogP contribution in [0.15, 0.2) is 30.3 Å². The first-order valence-corrected chi connectivity index (χ1v) is 8.37. The van der Waals surface area contributed by atoms with Crippen molar-refractivity contribution in [2.24, 2.45) is 0 Å². The zero-order valence-electron chi connectivity index (χ0n) is 15.9. The van der Waals surface area contributed by atoms with Crippen molar-refractivity contribution in [3.05, 3.63) is 68.3 Å². The number of nitrogens with zero attached hydrogens (tertiary/aromatic N) is 1. The molecule has 0 saturated heterocycles. The van der Waals surface area contributed by atoms with Crippen molar-refractivity contribution in [3.8, 4) is 0 Å². The van der Waals surface area contributed by atoms with E-state index < -0.39 is 22.2 Å². The minimum absolute atomic E-state index is 0.0655. The highest BCUT2D eigenvalue weighted by molar-refractivity contribution is 6.07. The molecule has 2 rings (SSSR count). The number of carbonyl (C=O) groups is 2. The highest BCUT2D eigenvalue weighted by Gasteiger charge is 2.29. The SMILES string of the molecule is Cc1cc(C)c([N+](=O)[O-])c(C)c1C(=O)Nc1ccc(C(C)(C)C(=O)O)cc1. The number of nitro groups is 1. The normalized spacial score (nSPS) is 11.1. The van der Waals surface area contributed by atoms with E-state index in [4.69, 9.17) is 0 Å². The molecule has 0 aromatic heterocycles. The molecule has 0 bridgehead atoms. The Morgan fingerprint density at radius 2 is 1.63 bits per heavy atom. The molecule has 7 heteroatoms. The van der Waals surface area contributed by atoms with Crippen LogP contribution < -0.4 is 5.32 Å². The Labute approximate surface area is 157 Å². The van der Waals surface area contributed by atoms with Gasteiger partial charge < -0.3 is 10.4 Å². The van der Waals surface area contributed by atoms with Gasteiger partial charge in [-0.05, 0) is 63.9 Å². The molecule has 0 radical (unpaired) electrons. The van der Waals surface area contributed by atoms with Crippen LogP contribution >= 0.6 is 0 Å². The largest absolute Gasteiger partial charge is 0.481 e. The number of carboxylic acid groups (broad SMARTS) is 1. The van der Waals surface area contributed by atoms with E-state index in [0.717, 1.165) is 0 Å². The van der Waals surface area contributed by atoms with Crippen molar-refractivity contribution < 1.29 is 19.6 Å². The van der Waals surface area contributed by atoms with Gasteiger partial charge in [-0.1, -0.05) is 12.1 Å². The lowest BCUT2D eigenvalue weighted by Crippen LogP contribution is -2.28. The number of aliphatic carboxylic acids is 1.